The third-order valence-corrected chi connectivity index (χ3v) is 4.10. The quantitative estimate of drug-likeness (QED) is 0.663. The van der Waals surface area contributed by atoms with Crippen LogP contribution in [0.5, 0.6) is 0 Å². The van der Waals surface area contributed by atoms with Crippen LogP contribution in [0.3, 0.4) is 0 Å². The second-order valence-corrected chi connectivity index (χ2v) is 6.33. The molecule has 0 spiro atoms. The number of anilines is 3. The highest BCUT2D eigenvalue weighted by Gasteiger charge is 2.10. The van der Waals surface area contributed by atoms with Crippen LogP contribution >= 0.6 is 0 Å². The summed E-state index contributed by atoms with van der Waals surface area (Å²) in [6.07, 6.45) is 0. The molecule has 2 aromatic carbocycles. The number of rotatable bonds is 5. The Morgan fingerprint density at radius 3 is 2.26 bits per heavy atom. The van der Waals surface area contributed by atoms with Crippen molar-refractivity contribution in [2.45, 2.75) is 20.8 Å². The fourth-order valence-electron chi connectivity index (χ4n) is 2.51. The van der Waals surface area contributed by atoms with E-state index >= 15 is 0 Å². The molecule has 2 N–H and O–H groups in total. The number of ketones is 1. The minimum absolute atomic E-state index is 0.0144. The van der Waals surface area contributed by atoms with E-state index in [0.29, 0.717) is 11.4 Å². The van der Waals surface area contributed by atoms with Crippen LogP contribution in [0.2, 0.25) is 0 Å². The van der Waals surface area contributed by atoms with Crippen molar-refractivity contribution in [1.82, 2.24) is 10.2 Å². The zero-order valence-electron chi connectivity index (χ0n) is 15.4. The van der Waals surface area contributed by atoms with Crippen molar-refractivity contribution in [3.8, 4) is 0 Å². The van der Waals surface area contributed by atoms with Gasteiger partial charge in [0.1, 0.15) is 0 Å². The Morgan fingerprint density at radius 2 is 1.63 bits per heavy atom. The molecule has 3 aromatic rings. The van der Waals surface area contributed by atoms with E-state index in [9.17, 15) is 9.59 Å². The van der Waals surface area contributed by atoms with E-state index in [-0.39, 0.29) is 17.4 Å². The molecule has 0 bridgehead atoms. The van der Waals surface area contributed by atoms with Crippen molar-refractivity contribution < 1.29 is 9.59 Å². The molecule has 6 heteroatoms. The third-order valence-electron chi connectivity index (χ3n) is 4.10. The minimum atomic E-state index is -0.312. The number of aryl methyl sites for hydroxylation is 2. The van der Waals surface area contributed by atoms with Crippen molar-refractivity contribution in [2.24, 2.45) is 0 Å². The maximum atomic E-state index is 12.4. The van der Waals surface area contributed by atoms with E-state index in [2.05, 4.69) is 20.8 Å². The number of carbonyl (C=O) groups is 2. The number of hydrogen-bond acceptors (Lipinski definition) is 5. The van der Waals surface area contributed by atoms with E-state index in [1.807, 2.05) is 32.0 Å². The van der Waals surface area contributed by atoms with Gasteiger partial charge in [-0.1, -0.05) is 12.1 Å². The van der Waals surface area contributed by atoms with E-state index in [0.717, 1.165) is 22.5 Å². The molecule has 0 saturated carbocycles. The van der Waals surface area contributed by atoms with Gasteiger partial charge in [0.25, 0.3) is 5.91 Å². The van der Waals surface area contributed by atoms with Gasteiger partial charge in [-0.2, -0.15) is 0 Å². The lowest BCUT2D eigenvalue weighted by atomic mass is 10.1. The number of Topliss-reactive ketones (excluding diaryl/α,β-unsaturated/α-hetero) is 1. The maximum absolute atomic E-state index is 12.4. The highest BCUT2D eigenvalue weighted by Crippen LogP contribution is 2.18. The minimum Gasteiger partial charge on any atom is -0.339 e. The topological polar surface area (TPSA) is 84.0 Å². The SMILES string of the molecule is CC(=O)c1ccc(Nc2ccc(C(=O)Nc3cc(C)ccc3C)nn2)cc1. The highest BCUT2D eigenvalue weighted by atomic mass is 16.2. The Bertz CT molecular complexity index is 980. The van der Waals surface area contributed by atoms with Crippen LogP contribution in [-0.2, 0) is 0 Å². The fourth-order valence-corrected chi connectivity index (χ4v) is 2.51. The second-order valence-electron chi connectivity index (χ2n) is 6.33. The first-order valence-electron chi connectivity index (χ1n) is 8.53. The number of amides is 1. The summed E-state index contributed by atoms with van der Waals surface area (Å²) in [6.45, 7) is 5.43. The van der Waals surface area contributed by atoms with Crippen LogP contribution < -0.4 is 10.6 Å². The normalized spacial score (nSPS) is 10.3. The molecule has 0 radical (unpaired) electrons. The zero-order valence-corrected chi connectivity index (χ0v) is 15.4. The molecule has 0 unspecified atom stereocenters. The van der Waals surface area contributed by atoms with E-state index in [1.54, 1.807) is 36.4 Å². The van der Waals surface area contributed by atoms with E-state index in [1.165, 1.54) is 6.92 Å². The Morgan fingerprint density at radius 1 is 0.889 bits per heavy atom. The number of hydrogen-bond donors (Lipinski definition) is 2. The molecule has 0 aliphatic carbocycles. The van der Waals surface area contributed by atoms with Crippen LogP contribution in [0, 0.1) is 13.8 Å². The summed E-state index contributed by atoms with van der Waals surface area (Å²) in [5.41, 5.74) is 4.46. The van der Waals surface area contributed by atoms with Gasteiger partial charge in [-0.15, -0.1) is 10.2 Å². The number of nitrogens with zero attached hydrogens (tertiary/aromatic N) is 2. The maximum Gasteiger partial charge on any atom is 0.276 e. The summed E-state index contributed by atoms with van der Waals surface area (Å²) in [7, 11) is 0. The van der Waals surface area contributed by atoms with Crippen molar-refractivity contribution in [2.75, 3.05) is 10.6 Å². The number of nitrogens with one attached hydrogen (secondary N) is 2. The monoisotopic (exact) mass is 360 g/mol. The standard InChI is InChI=1S/C21H20N4O2/c1-13-4-5-14(2)19(12-13)23-21(27)18-10-11-20(25-24-18)22-17-8-6-16(7-9-17)15(3)26/h4-12H,1-3H3,(H,22,25)(H,23,27). The van der Waals surface area contributed by atoms with Crippen LogP contribution in [0.1, 0.15) is 38.9 Å². The van der Waals surface area contributed by atoms with Crippen molar-refractivity contribution in [1.29, 1.82) is 0 Å². The van der Waals surface area contributed by atoms with Gasteiger partial charge in [-0.25, -0.2) is 0 Å². The van der Waals surface area contributed by atoms with Crippen LogP contribution in [0.4, 0.5) is 17.2 Å². The van der Waals surface area contributed by atoms with Gasteiger partial charge in [0.05, 0.1) is 0 Å². The van der Waals surface area contributed by atoms with Crippen LogP contribution in [0.15, 0.2) is 54.6 Å². The van der Waals surface area contributed by atoms with Crippen molar-refractivity contribution >= 4 is 28.9 Å². The van der Waals surface area contributed by atoms with Crippen molar-refractivity contribution in [3.05, 3.63) is 77.0 Å². The van der Waals surface area contributed by atoms with Crippen LogP contribution in [0.25, 0.3) is 0 Å². The molecule has 6 nitrogen and oxygen atoms in total. The molecule has 1 amide bonds. The average Bonchev–Trinajstić information content (AvgIpc) is 2.65. The molecule has 1 heterocycles. The van der Waals surface area contributed by atoms with Gasteiger partial charge in [0.2, 0.25) is 0 Å². The Balaban J connectivity index is 1.68. The molecule has 136 valence electrons. The summed E-state index contributed by atoms with van der Waals surface area (Å²) < 4.78 is 0. The molecule has 1 aromatic heterocycles. The zero-order chi connectivity index (χ0) is 19.4. The number of carbonyl (C=O) groups excluding carboxylic acids is 2. The molecule has 27 heavy (non-hydrogen) atoms. The highest BCUT2D eigenvalue weighted by molar-refractivity contribution is 6.03. The Kier molecular flexibility index (Phi) is 5.26. The summed E-state index contributed by atoms with van der Waals surface area (Å²) in [5.74, 6) is 0.211. The first-order chi connectivity index (χ1) is 12.9. The molecule has 0 atom stereocenters. The van der Waals surface area contributed by atoms with Crippen molar-refractivity contribution in [3.63, 3.8) is 0 Å². The predicted molar refractivity (Wildman–Crippen MR) is 106 cm³/mol. The lowest BCUT2D eigenvalue weighted by molar-refractivity contribution is 0.101. The van der Waals surface area contributed by atoms with Crippen LogP contribution in [-0.4, -0.2) is 21.9 Å². The lowest BCUT2D eigenvalue weighted by Crippen LogP contribution is -2.15. The van der Waals surface area contributed by atoms with Gasteiger partial charge in [-0.3, -0.25) is 9.59 Å². The summed E-state index contributed by atoms with van der Waals surface area (Å²) in [4.78, 5) is 23.7. The van der Waals surface area contributed by atoms with Gasteiger partial charge >= 0.3 is 0 Å². The number of benzene rings is 2. The molecule has 0 aliphatic rings. The molecule has 0 aliphatic heterocycles. The first-order valence-corrected chi connectivity index (χ1v) is 8.53. The summed E-state index contributed by atoms with van der Waals surface area (Å²) >= 11 is 0. The molecule has 3 rings (SSSR count). The Hall–Kier alpha value is -3.54. The molecular weight excluding hydrogens is 340 g/mol. The predicted octanol–water partition coefficient (Wildman–Crippen LogP) is 4.29. The largest absolute Gasteiger partial charge is 0.339 e. The lowest BCUT2D eigenvalue weighted by Gasteiger charge is -2.09. The summed E-state index contributed by atoms with van der Waals surface area (Å²) in [5, 5.41) is 14.0. The molecular formula is C21H20N4O2. The number of aromatic nitrogens is 2. The molecule has 0 fully saturated rings. The van der Waals surface area contributed by atoms with Gasteiger partial charge in [0, 0.05) is 16.9 Å². The smallest absolute Gasteiger partial charge is 0.276 e. The molecule has 0 saturated heterocycles. The van der Waals surface area contributed by atoms with Gasteiger partial charge < -0.3 is 10.6 Å². The average molecular weight is 360 g/mol. The Labute approximate surface area is 157 Å². The van der Waals surface area contributed by atoms with E-state index in [4.69, 9.17) is 0 Å². The van der Waals surface area contributed by atoms with Gasteiger partial charge in [-0.05, 0) is 74.4 Å². The third kappa shape index (κ3) is 4.55. The van der Waals surface area contributed by atoms with Gasteiger partial charge in [0.15, 0.2) is 17.3 Å². The second kappa shape index (κ2) is 7.78. The van der Waals surface area contributed by atoms with E-state index < -0.39 is 0 Å². The summed E-state index contributed by atoms with van der Waals surface area (Å²) in [6, 6.07) is 16.2. The fraction of sp³-hybridized carbons (Fsp3) is 0.143. The first kappa shape index (κ1) is 18.3.